The standard InChI is InChI=1S/C20H20F2N4O3/c1-12-17(19(28)24-20(11-27)9-15(20)18(21)22)16-8-14(5-7-26(16)25-12)29-10-13-4-2-3-6-23-13/h2-8,15,18,27H,9-11H2,1H3,(H,24,28)/t15-,20+/m0/s1. The summed E-state index contributed by atoms with van der Waals surface area (Å²) in [6.45, 7) is 1.39. The first kappa shape index (κ1) is 19.3. The molecular weight excluding hydrogens is 382 g/mol. The highest BCUT2D eigenvalue weighted by atomic mass is 19.3. The van der Waals surface area contributed by atoms with Crippen molar-refractivity contribution in [3.63, 3.8) is 0 Å². The van der Waals surface area contributed by atoms with Crippen molar-refractivity contribution < 1.29 is 23.4 Å². The Morgan fingerprint density at radius 1 is 1.45 bits per heavy atom. The third-order valence-electron chi connectivity index (χ3n) is 5.20. The zero-order valence-corrected chi connectivity index (χ0v) is 15.7. The van der Waals surface area contributed by atoms with E-state index in [0.29, 0.717) is 17.0 Å². The minimum Gasteiger partial charge on any atom is -0.487 e. The zero-order chi connectivity index (χ0) is 20.6. The smallest absolute Gasteiger partial charge is 0.255 e. The second-order valence-electron chi connectivity index (χ2n) is 7.18. The molecule has 0 bridgehead atoms. The van der Waals surface area contributed by atoms with Gasteiger partial charge < -0.3 is 15.2 Å². The molecule has 0 unspecified atom stereocenters. The molecule has 2 N–H and O–H groups in total. The average Bonchev–Trinajstić information content (AvgIpc) is 3.34. The Kier molecular flexibility index (Phi) is 4.91. The zero-order valence-electron chi connectivity index (χ0n) is 15.7. The number of pyridine rings is 2. The molecule has 0 saturated heterocycles. The lowest BCUT2D eigenvalue weighted by Crippen LogP contribution is -2.42. The monoisotopic (exact) mass is 402 g/mol. The number of rotatable bonds is 7. The normalized spacial score (nSPS) is 20.8. The van der Waals surface area contributed by atoms with Gasteiger partial charge >= 0.3 is 0 Å². The van der Waals surface area contributed by atoms with Crippen molar-refractivity contribution >= 4 is 11.4 Å². The summed E-state index contributed by atoms with van der Waals surface area (Å²) in [5, 5.41) is 16.4. The first-order chi connectivity index (χ1) is 13.9. The molecule has 0 aromatic carbocycles. The van der Waals surface area contributed by atoms with Crippen molar-refractivity contribution in [1.82, 2.24) is 19.9 Å². The lowest BCUT2D eigenvalue weighted by atomic mass is 10.1. The predicted molar refractivity (Wildman–Crippen MR) is 99.9 cm³/mol. The number of ether oxygens (including phenoxy) is 1. The topological polar surface area (TPSA) is 88.8 Å². The van der Waals surface area contributed by atoms with Gasteiger partial charge in [-0.25, -0.2) is 13.3 Å². The molecule has 0 radical (unpaired) electrons. The van der Waals surface area contributed by atoms with Crippen LogP contribution in [0.1, 0.15) is 28.2 Å². The summed E-state index contributed by atoms with van der Waals surface area (Å²) >= 11 is 0. The number of alkyl halides is 2. The Hall–Kier alpha value is -3.07. The Balaban J connectivity index is 1.57. The van der Waals surface area contributed by atoms with Crippen LogP contribution in [0.2, 0.25) is 0 Å². The van der Waals surface area contributed by atoms with E-state index in [9.17, 15) is 18.7 Å². The van der Waals surface area contributed by atoms with Crippen LogP contribution in [-0.2, 0) is 6.61 Å². The molecule has 152 valence electrons. The van der Waals surface area contributed by atoms with Gasteiger partial charge in [0.25, 0.3) is 5.91 Å². The number of nitrogens with zero attached hydrogens (tertiary/aromatic N) is 3. The van der Waals surface area contributed by atoms with Crippen LogP contribution < -0.4 is 10.1 Å². The number of aromatic nitrogens is 3. The van der Waals surface area contributed by atoms with E-state index < -0.39 is 30.4 Å². The van der Waals surface area contributed by atoms with Gasteiger partial charge in [0.1, 0.15) is 12.4 Å². The molecule has 1 aliphatic carbocycles. The summed E-state index contributed by atoms with van der Waals surface area (Å²) in [6.07, 6.45) is 0.780. The number of fused-ring (bicyclic) bond motifs is 1. The van der Waals surface area contributed by atoms with Crippen LogP contribution in [-0.4, -0.2) is 44.2 Å². The van der Waals surface area contributed by atoms with E-state index in [-0.39, 0.29) is 18.6 Å². The molecule has 1 saturated carbocycles. The van der Waals surface area contributed by atoms with Crippen LogP contribution in [0.25, 0.3) is 5.52 Å². The highest BCUT2D eigenvalue weighted by Gasteiger charge is 2.59. The minimum absolute atomic E-state index is 0.0452. The molecule has 0 spiro atoms. The summed E-state index contributed by atoms with van der Waals surface area (Å²) < 4.78 is 33.3. The Morgan fingerprint density at radius 3 is 2.93 bits per heavy atom. The van der Waals surface area contributed by atoms with Crippen molar-refractivity contribution in [2.24, 2.45) is 5.92 Å². The number of aryl methyl sites for hydroxylation is 1. The molecule has 3 aromatic heterocycles. The van der Waals surface area contributed by atoms with Gasteiger partial charge in [-0.1, -0.05) is 6.07 Å². The lowest BCUT2D eigenvalue weighted by molar-refractivity contribution is 0.0795. The second-order valence-corrected chi connectivity index (χ2v) is 7.18. The Bertz CT molecular complexity index is 1040. The van der Waals surface area contributed by atoms with Crippen molar-refractivity contribution in [2.45, 2.75) is 31.9 Å². The number of aliphatic hydroxyl groups is 1. The van der Waals surface area contributed by atoms with Gasteiger partial charge in [0.2, 0.25) is 6.43 Å². The van der Waals surface area contributed by atoms with E-state index in [2.05, 4.69) is 15.4 Å². The molecule has 29 heavy (non-hydrogen) atoms. The molecule has 9 heteroatoms. The Labute approximate surface area is 165 Å². The fourth-order valence-electron chi connectivity index (χ4n) is 3.47. The highest BCUT2D eigenvalue weighted by Crippen LogP contribution is 2.47. The SMILES string of the molecule is Cc1nn2ccc(OCc3ccccn3)cc2c1C(=O)N[C@@]1(CO)C[C@H]1C(F)F. The molecule has 7 nitrogen and oxygen atoms in total. The third-order valence-corrected chi connectivity index (χ3v) is 5.20. The molecule has 0 aliphatic heterocycles. The number of halogens is 2. The average molecular weight is 402 g/mol. The third kappa shape index (κ3) is 3.65. The molecule has 3 heterocycles. The summed E-state index contributed by atoms with van der Waals surface area (Å²) in [4.78, 5) is 17.0. The fourth-order valence-corrected chi connectivity index (χ4v) is 3.47. The largest absolute Gasteiger partial charge is 0.487 e. The van der Waals surface area contributed by atoms with E-state index in [0.717, 1.165) is 5.69 Å². The summed E-state index contributed by atoms with van der Waals surface area (Å²) in [7, 11) is 0. The maximum Gasteiger partial charge on any atom is 0.255 e. The summed E-state index contributed by atoms with van der Waals surface area (Å²) in [5.74, 6) is -1.07. The molecule has 1 aliphatic rings. The van der Waals surface area contributed by atoms with Crippen molar-refractivity contribution in [1.29, 1.82) is 0 Å². The molecule has 1 amide bonds. The van der Waals surface area contributed by atoms with Crippen molar-refractivity contribution in [3.8, 4) is 5.75 Å². The van der Waals surface area contributed by atoms with Gasteiger partial charge in [-0.15, -0.1) is 0 Å². The van der Waals surface area contributed by atoms with Gasteiger partial charge in [0.05, 0.1) is 34.6 Å². The van der Waals surface area contributed by atoms with Crippen LogP contribution in [0.5, 0.6) is 5.75 Å². The van der Waals surface area contributed by atoms with Gasteiger partial charge in [0.15, 0.2) is 0 Å². The second kappa shape index (κ2) is 7.40. The highest BCUT2D eigenvalue weighted by molar-refractivity contribution is 6.02. The summed E-state index contributed by atoms with van der Waals surface area (Å²) in [5.41, 5.74) is 0.680. The van der Waals surface area contributed by atoms with Crippen LogP contribution in [0.15, 0.2) is 42.7 Å². The number of carbonyl (C=O) groups is 1. The van der Waals surface area contributed by atoms with Crippen LogP contribution in [0.4, 0.5) is 8.78 Å². The van der Waals surface area contributed by atoms with E-state index in [1.54, 1.807) is 31.5 Å². The molecule has 4 rings (SSSR count). The maximum absolute atomic E-state index is 13.0. The lowest BCUT2D eigenvalue weighted by Gasteiger charge is -2.16. The van der Waals surface area contributed by atoms with Crippen molar-refractivity contribution in [2.75, 3.05) is 6.61 Å². The number of nitrogens with one attached hydrogen (secondary N) is 1. The Morgan fingerprint density at radius 2 is 2.28 bits per heavy atom. The maximum atomic E-state index is 13.0. The quantitative estimate of drug-likeness (QED) is 0.633. The van der Waals surface area contributed by atoms with E-state index in [1.807, 2.05) is 18.2 Å². The fraction of sp³-hybridized carbons (Fsp3) is 0.350. The first-order valence-electron chi connectivity index (χ1n) is 9.17. The number of hydrogen-bond donors (Lipinski definition) is 2. The van der Waals surface area contributed by atoms with Crippen molar-refractivity contribution in [3.05, 3.63) is 59.7 Å². The van der Waals surface area contributed by atoms with E-state index in [1.165, 1.54) is 4.52 Å². The van der Waals surface area contributed by atoms with Crippen LogP contribution >= 0.6 is 0 Å². The molecule has 3 aromatic rings. The van der Waals surface area contributed by atoms with Crippen LogP contribution in [0.3, 0.4) is 0 Å². The summed E-state index contributed by atoms with van der Waals surface area (Å²) in [6, 6.07) is 8.89. The van der Waals surface area contributed by atoms with E-state index >= 15 is 0 Å². The van der Waals surface area contributed by atoms with Gasteiger partial charge in [-0.05, 0) is 31.5 Å². The first-order valence-corrected chi connectivity index (χ1v) is 9.17. The number of aliphatic hydroxyl groups excluding tert-OH is 1. The number of amides is 1. The van der Waals surface area contributed by atoms with Gasteiger partial charge in [-0.2, -0.15) is 5.10 Å². The molecule has 1 fully saturated rings. The van der Waals surface area contributed by atoms with Gasteiger partial charge in [-0.3, -0.25) is 9.78 Å². The van der Waals surface area contributed by atoms with E-state index in [4.69, 9.17) is 4.74 Å². The van der Waals surface area contributed by atoms with Crippen LogP contribution in [0, 0.1) is 12.8 Å². The molecule has 2 atom stereocenters. The minimum atomic E-state index is -2.60. The number of carbonyl (C=O) groups excluding carboxylic acids is 1. The molecular formula is C20H20F2N4O3. The predicted octanol–water partition coefficient (Wildman–Crippen LogP) is 2.36. The number of hydrogen-bond acceptors (Lipinski definition) is 5. The van der Waals surface area contributed by atoms with Gasteiger partial charge in [0, 0.05) is 24.4 Å².